The van der Waals surface area contributed by atoms with E-state index >= 15 is 0 Å². The number of aryl methyl sites for hydroxylation is 1. The Morgan fingerprint density at radius 1 is 1.47 bits per heavy atom. The molecule has 0 spiro atoms. The van der Waals surface area contributed by atoms with E-state index in [9.17, 15) is 4.79 Å². The Morgan fingerprint density at radius 2 is 2.37 bits per heavy atom. The second-order valence-electron chi connectivity index (χ2n) is 4.99. The van der Waals surface area contributed by atoms with E-state index in [1.807, 2.05) is 6.07 Å². The van der Waals surface area contributed by atoms with E-state index in [1.54, 1.807) is 19.2 Å². The minimum Gasteiger partial charge on any atom is -0.356 e. The van der Waals surface area contributed by atoms with E-state index in [-0.39, 0.29) is 5.56 Å². The predicted octanol–water partition coefficient (Wildman–Crippen LogP) is 1.19. The van der Waals surface area contributed by atoms with Crippen molar-refractivity contribution in [2.75, 3.05) is 18.0 Å². The van der Waals surface area contributed by atoms with Gasteiger partial charge in [-0.1, -0.05) is 0 Å². The van der Waals surface area contributed by atoms with E-state index in [0.29, 0.717) is 11.7 Å². The lowest BCUT2D eigenvalue weighted by Crippen LogP contribution is -2.36. The van der Waals surface area contributed by atoms with Gasteiger partial charge in [0.1, 0.15) is 11.6 Å². The maximum atomic E-state index is 11.5. The van der Waals surface area contributed by atoms with Crippen molar-refractivity contribution in [1.29, 1.82) is 0 Å². The summed E-state index contributed by atoms with van der Waals surface area (Å²) in [5.41, 5.74) is 1.07. The molecule has 3 rings (SSSR count). The van der Waals surface area contributed by atoms with Crippen molar-refractivity contribution in [3.63, 3.8) is 0 Å². The summed E-state index contributed by atoms with van der Waals surface area (Å²) in [5, 5.41) is 7.05. The Kier molecular flexibility index (Phi) is 3.06. The van der Waals surface area contributed by atoms with Gasteiger partial charge in [0.15, 0.2) is 0 Å². The molecule has 1 atom stereocenters. The summed E-state index contributed by atoms with van der Waals surface area (Å²) in [6.45, 7) is 3.62. The van der Waals surface area contributed by atoms with Gasteiger partial charge in [0.25, 0.3) is 5.56 Å². The number of nitrogens with one attached hydrogen (secondary N) is 2. The van der Waals surface area contributed by atoms with Crippen molar-refractivity contribution in [2.24, 2.45) is 0 Å². The van der Waals surface area contributed by atoms with Gasteiger partial charge in [0.2, 0.25) is 0 Å². The maximum absolute atomic E-state index is 11.5. The first-order valence-electron chi connectivity index (χ1n) is 6.54. The fourth-order valence-corrected chi connectivity index (χ4v) is 2.66. The van der Waals surface area contributed by atoms with Crippen LogP contribution in [0.1, 0.15) is 30.3 Å². The average Bonchev–Trinajstić information content (AvgIpc) is 2.92. The minimum atomic E-state index is -0.0915. The lowest BCUT2D eigenvalue weighted by atomic mass is 9.95. The minimum absolute atomic E-state index is 0.0915. The summed E-state index contributed by atoms with van der Waals surface area (Å²) in [6, 6.07) is 3.59. The van der Waals surface area contributed by atoms with Crippen LogP contribution in [0.5, 0.6) is 0 Å². The van der Waals surface area contributed by atoms with E-state index in [1.165, 1.54) is 0 Å². The zero-order valence-electron chi connectivity index (χ0n) is 10.9. The number of nitrogens with zero attached hydrogens (tertiary/aromatic N) is 3. The van der Waals surface area contributed by atoms with E-state index in [2.05, 4.69) is 25.1 Å². The lowest BCUT2D eigenvalue weighted by Gasteiger charge is -2.33. The third-order valence-electron chi connectivity index (χ3n) is 3.55. The van der Waals surface area contributed by atoms with Crippen LogP contribution in [0.4, 0.5) is 5.82 Å². The van der Waals surface area contributed by atoms with E-state index in [4.69, 9.17) is 0 Å². The molecule has 0 saturated carbocycles. The molecule has 2 aromatic rings. The number of rotatable bonds is 2. The summed E-state index contributed by atoms with van der Waals surface area (Å²) in [4.78, 5) is 20.8. The highest BCUT2D eigenvalue weighted by Gasteiger charge is 2.23. The van der Waals surface area contributed by atoms with Gasteiger partial charge >= 0.3 is 0 Å². The molecule has 1 aliphatic heterocycles. The second kappa shape index (κ2) is 4.87. The molecule has 0 aromatic carbocycles. The van der Waals surface area contributed by atoms with Gasteiger partial charge in [-0.25, -0.2) is 4.98 Å². The largest absolute Gasteiger partial charge is 0.356 e. The quantitative estimate of drug-likeness (QED) is 0.849. The number of hydrogen-bond acceptors (Lipinski definition) is 4. The summed E-state index contributed by atoms with van der Waals surface area (Å²) in [6.07, 6.45) is 4.02. The first kappa shape index (κ1) is 12.0. The summed E-state index contributed by atoms with van der Waals surface area (Å²) in [5.74, 6) is 1.86. The molecule has 0 amide bonds. The zero-order chi connectivity index (χ0) is 13.2. The molecule has 2 aromatic heterocycles. The maximum Gasteiger partial charge on any atom is 0.252 e. The summed E-state index contributed by atoms with van der Waals surface area (Å²) >= 11 is 0. The van der Waals surface area contributed by atoms with Gasteiger partial charge in [0.05, 0.1) is 0 Å². The average molecular weight is 259 g/mol. The Hall–Kier alpha value is -2.11. The van der Waals surface area contributed by atoms with Gasteiger partial charge in [-0.05, 0) is 25.8 Å². The lowest BCUT2D eigenvalue weighted by molar-refractivity contribution is 0.497. The van der Waals surface area contributed by atoms with Crippen molar-refractivity contribution in [3.8, 4) is 0 Å². The molecule has 1 saturated heterocycles. The molecule has 0 radical (unpaired) electrons. The Balaban J connectivity index is 1.83. The Labute approximate surface area is 110 Å². The smallest absolute Gasteiger partial charge is 0.252 e. The van der Waals surface area contributed by atoms with Crippen LogP contribution in [-0.4, -0.2) is 33.3 Å². The zero-order valence-corrected chi connectivity index (χ0v) is 10.9. The Morgan fingerprint density at radius 3 is 3.11 bits per heavy atom. The van der Waals surface area contributed by atoms with Crippen molar-refractivity contribution < 1.29 is 0 Å². The second-order valence-corrected chi connectivity index (χ2v) is 4.99. The van der Waals surface area contributed by atoms with E-state index in [0.717, 1.165) is 37.4 Å². The van der Waals surface area contributed by atoms with Crippen LogP contribution in [-0.2, 0) is 0 Å². The third-order valence-corrected chi connectivity index (χ3v) is 3.55. The SMILES string of the molecule is Cc1nc(N2CCCC(c3ccn[nH]3)C2)cc(=O)[nH]1. The van der Waals surface area contributed by atoms with Gasteiger partial charge in [-0.15, -0.1) is 0 Å². The van der Waals surface area contributed by atoms with Crippen LogP contribution >= 0.6 is 0 Å². The molecule has 3 heterocycles. The molecule has 1 fully saturated rings. The molecule has 6 heteroatoms. The van der Waals surface area contributed by atoms with Crippen LogP contribution in [0, 0.1) is 6.92 Å². The summed E-state index contributed by atoms with van der Waals surface area (Å²) < 4.78 is 0. The number of aromatic amines is 2. The predicted molar refractivity (Wildman–Crippen MR) is 72.4 cm³/mol. The fourth-order valence-electron chi connectivity index (χ4n) is 2.66. The van der Waals surface area contributed by atoms with Crippen LogP contribution < -0.4 is 10.5 Å². The first-order valence-corrected chi connectivity index (χ1v) is 6.54. The fraction of sp³-hybridized carbons (Fsp3) is 0.462. The number of aromatic nitrogens is 4. The van der Waals surface area contributed by atoms with Crippen LogP contribution in [0.3, 0.4) is 0 Å². The van der Waals surface area contributed by atoms with Crippen LogP contribution in [0.25, 0.3) is 0 Å². The molecule has 19 heavy (non-hydrogen) atoms. The molecule has 2 N–H and O–H groups in total. The normalized spacial score (nSPS) is 19.6. The number of anilines is 1. The monoisotopic (exact) mass is 259 g/mol. The molecular weight excluding hydrogens is 242 g/mol. The van der Waals surface area contributed by atoms with Crippen molar-refractivity contribution in [2.45, 2.75) is 25.7 Å². The highest BCUT2D eigenvalue weighted by molar-refractivity contribution is 5.39. The molecule has 100 valence electrons. The number of H-pyrrole nitrogens is 2. The van der Waals surface area contributed by atoms with Gasteiger partial charge in [-0.2, -0.15) is 5.10 Å². The van der Waals surface area contributed by atoms with Gasteiger partial charge in [0, 0.05) is 37.0 Å². The van der Waals surface area contributed by atoms with Crippen LogP contribution in [0.2, 0.25) is 0 Å². The highest BCUT2D eigenvalue weighted by atomic mass is 16.1. The van der Waals surface area contributed by atoms with Crippen molar-refractivity contribution in [3.05, 3.63) is 40.2 Å². The molecule has 0 bridgehead atoms. The number of piperidine rings is 1. The molecule has 1 unspecified atom stereocenters. The van der Waals surface area contributed by atoms with Crippen molar-refractivity contribution in [1.82, 2.24) is 20.2 Å². The summed E-state index contributed by atoms with van der Waals surface area (Å²) in [7, 11) is 0. The molecule has 1 aliphatic rings. The Bertz CT molecular complexity index is 604. The third kappa shape index (κ3) is 2.52. The highest BCUT2D eigenvalue weighted by Crippen LogP contribution is 2.27. The standard InChI is InChI=1S/C13H17N5O/c1-9-15-12(7-13(19)16-9)18-6-2-3-10(8-18)11-4-5-14-17-11/h4-5,7,10H,2-3,6,8H2,1H3,(H,14,17)(H,15,16,19). The van der Waals surface area contributed by atoms with E-state index < -0.39 is 0 Å². The molecule has 0 aliphatic carbocycles. The van der Waals surface area contributed by atoms with Crippen molar-refractivity contribution >= 4 is 5.82 Å². The van der Waals surface area contributed by atoms with Gasteiger partial charge < -0.3 is 9.88 Å². The topological polar surface area (TPSA) is 77.7 Å². The first-order chi connectivity index (χ1) is 9.22. The molecule has 6 nitrogen and oxygen atoms in total. The molecular formula is C13H17N5O. The number of hydrogen-bond donors (Lipinski definition) is 2. The van der Waals surface area contributed by atoms with Crippen LogP contribution in [0.15, 0.2) is 23.1 Å². The van der Waals surface area contributed by atoms with Gasteiger partial charge in [-0.3, -0.25) is 9.89 Å².